The molecule has 4 heteroatoms. The van der Waals surface area contributed by atoms with Crippen LogP contribution in [0.25, 0.3) is 11.0 Å². The van der Waals surface area contributed by atoms with Crippen LogP contribution in [0.2, 0.25) is 0 Å². The molecule has 0 radical (unpaired) electrons. The van der Waals surface area contributed by atoms with Crippen molar-refractivity contribution in [2.24, 2.45) is 0 Å². The first-order valence-corrected chi connectivity index (χ1v) is 5.34. The summed E-state index contributed by atoms with van der Waals surface area (Å²) in [6.45, 7) is 2.77. The fourth-order valence-electron chi connectivity index (χ4n) is 1.54. The summed E-state index contributed by atoms with van der Waals surface area (Å²) in [5.41, 5.74) is 2.92. The molecule has 0 aliphatic heterocycles. The van der Waals surface area contributed by atoms with Crippen LogP contribution >= 0.6 is 0 Å². The number of aromatic nitrogens is 2. The summed E-state index contributed by atoms with van der Waals surface area (Å²) >= 11 is 0. The van der Waals surface area contributed by atoms with Gasteiger partial charge in [-0.1, -0.05) is 12.1 Å². The second-order valence-electron chi connectivity index (χ2n) is 3.81. The van der Waals surface area contributed by atoms with Crippen molar-refractivity contribution in [3.8, 4) is 0 Å². The Morgan fingerprint density at radius 1 is 1.31 bits per heavy atom. The molecule has 4 nitrogen and oxygen atoms in total. The first-order valence-electron chi connectivity index (χ1n) is 5.34. The Hall–Kier alpha value is -1.52. The Morgan fingerprint density at radius 2 is 2.12 bits per heavy atom. The molecule has 84 valence electrons. The van der Waals surface area contributed by atoms with Gasteiger partial charge in [-0.2, -0.15) is 0 Å². The molecule has 1 unspecified atom stereocenters. The van der Waals surface area contributed by atoms with E-state index in [9.17, 15) is 0 Å². The molecule has 0 saturated heterocycles. The lowest BCUT2D eigenvalue weighted by Gasteiger charge is -2.11. The molecule has 0 aliphatic rings. The molecule has 2 N–H and O–H groups in total. The molecule has 0 amide bonds. The SMILES string of the molecule is CC(CO)NCc1cccc2nccnc12. The van der Waals surface area contributed by atoms with Crippen molar-refractivity contribution in [3.05, 3.63) is 36.2 Å². The lowest BCUT2D eigenvalue weighted by Crippen LogP contribution is -2.28. The van der Waals surface area contributed by atoms with E-state index in [-0.39, 0.29) is 12.6 Å². The molecule has 0 spiro atoms. The van der Waals surface area contributed by atoms with Crippen molar-refractivity contribution in [1.29, 1.82) is 0 Å². The molecule has 0 saturated carbocycles. The lowest BCUT2D eigenvalue weighted by atomic mass is 10.1. The van der Waals surface area contributed by atoms with Crippen molar-refractivity contribution in [2.45, 2.75) is 19.5 Å². The summed E-state index contributed by atoms with van der Waals surface area (Å²) in [5, 5.41) is 12.2. The van der Waals surface area contributed by atoms with Crippen molar-refractivity contribution >= 4 is 11.0 Å². The monoisotopic (exact) mass is 217 g/mol. The number of rotatable bonds is 4. The van der Waals surface area contributed by atoms with Crippen LogP contribution in [0.1, 0.15) is 12.5 Å². The number of benzene rings is 1. The number of aliphatic hydroxyl groups is 1. The van der Waals surface area contributed by atoms with Gasteiger partial charge in [0.15, 0.2) is 0 Å². The van der Waals surface area contributed by atoms with Gasteiger partial charge in [-0.3, -0.25) is 9.97 Å². The van der Waals surface area contributed by atoms with Crippen molar-refractivity contribution in [1.82, 2.24) is 15.3 Å². The van der Waals surface area contributed by atoms with Gasteiger partial charge in [0.2, 0.25) is 0 Å². The van der Waals surface area contributed by atoms with Crippen LogP contribution in [0.4, 0.5) is 0 Å². The van der Waals surface area contributed by atoms with Gasteiger partial charge < -0.3 is 10.4 Å². The lowest BCUT2D eigenvalue weighted by molar-refractivity contribution is 0.251. The second kappa shape index (κ2) is 5.01. The zero-order chi connectivity index (χ0) is 11.4. The molecule has 0 bridgehead atoms. The van der Waals surface area contributed by atoms with Crippen molar-refractivity contribution < 1.29 is 5.11 Å². The minimum absolute atomic E-state index is 0.0897. The summed E-state index contributed by atoms with van der Waals surface area (Å²) < 4.78 is 0. The Kier molecular flexibility index (Phi) is 3.44. The van der Waals surface area contributed by atoms with Crippen LogP contribution < -0.4 is 5.32 Å². The van der Waals surface area contributed by atoms with Gasteiger partial charge in [0.25, 0.3) is 0 Å². The van der Waals surface area contributed by atoms with Crippen LogP contribution in [-0.2, 0) is 6.54 Å². The fraction of sp³-hybridized carbons (Fsp3) is 0.333. The summed E-state index contributed by atoms with van der Waals surface area (Å²) in [7, 11) is 0. The van der Waals surface area contributed by atoms with E-state index in [1.54, 1.807) is 12.4 Å². The van der Waals surface area contributed by atoms with Gasteiger partial charge in [0, 0.05) is 25.0 Å². The van der Waals surface area contributed by atoms with Gasteiger partial charge in [-0.25, -0.2) is 0 Å². The molecule has 1 heterocycles. The third-order valence-corrected chi connectivity index (χ3v) is 2.50. The van der Waals surface area contributed by atoms with Gasteiger partial charge in [-0.15, -0.1) is 0 Å². The molecule has 2 aromatic rings. The maximum atomic E-state index is 8.94. The molecule has 1 aromatic carbocycles. The smallest absolute Gasteiger partial charge is 0.0931 e. The summed E-state index contributed by atoms with van der Waals surface area (Å²) in [4.78, 5) is 8.57. The zero-order valence-electron chi connectivity index (χ0n) is 9.22. The van der Waals surface area contributed by atoms with Gasteiger partial charge >= 0.3 is 0 Å². The van der Waals surface area contributed by atoms with Crippen LogP contribution in [0.5, 0.6) is 0 Å². The maximum Gasteiger partial charge on any atom is 0.0931 e. The average molecular weight is 217 g/mol. The first kappa shape index (κ1) is 11.0. The molecule has 16 heavy (non-hydrogen) atoms. The van der Waals surface area contributed by atoms with Gasteiger partial charge in [0.05, 0.1) is 17.6 Å². The Morgan fingerprint density at radius 3 is 2.94 bits per heavy atom. The largest absolute Gasteiger partial charge is 0.395 e. The second-order valence-corrected chi connectivity index (χ2v) is 3.81. The third-order valence-electron chi connectivity index (χ3n) is 2.50. The summed E-state index contributed by atoms with van der Waals surface area (Å²) in [5.74, 6) is 0. The number of fused-ring (bicyclic) bond motifs is 1. The molecule has 1 atom stereocenters. The molecule has 0 fully saturated rings. The molecule has 0 aliphatic carbocycles. The van der Waals surface area contributed by atoms with Gasteiger partial charge in [-0.05, 0) is 18.6 Å². The van der Waals surface area contributed by atoms with Crippen molar-refractivity contribution in [3.63, 3.8) is 0 Å². The van der Waals surface area contributed by atoms with E-state index < -0.39 is 0 Å². The number of para-hydroxylation sites is 1. The average Bonchev–Trinajstić information content (AvgIpc) is 2.35. The molecule has 2 rings (SSSR count). The highest BCUT2D eigenvalue weighted by molar-refractivity contribution is 5.77. The molecule has 1 aromatic heterocycles. The van der Waals surface area contributed by atoms with Gasteiger partial charge in [0.1, 0.15) is 0 Å². The normalized spacial score (nSPS) is 12.9. The summed E-state index contributed by atoms with van der Waals surface area (Å²) in [6, 6.07) is 6.03. The van der Waals surface area contributed by atoms with E-state index in [1.807, 2.05) is 25.1 Å². The summed E-state index contributed by atoms with van der Waals surface area (Å²) in [6.07, 6.45) is 3.39. The van der Waals surface area contributed by atoms with E-state index in [2.05, 4.69) is 15.3 Å². The Bertz CT molecular complexity index is 467. The maximum absolute atomic E-state index is 8.94. The third kappa shape index (κ3) is 2.35. The highest BCUT2D eigenvalue weighted by Crippen LogP contribution is 2.13. The first-order chi connectivity index (χ1) is 7.81. The van der Waals surface area contributed by atoms with E-state index in [4.69, 9.17) is 5.11 Å². The van der Waals surface area contributed by atoms with E-state index in [0.717, 1.165) is 16.6 Å². The number of hydrogen-bond acceptors (Lipinski definition) is 4. The van der Waals surface area contributed by atoms with Crippen LogP contribution in [0.3, 0.4) is 0 Å². The standard InChI is InChI=1S/C12H15N3O/c1-9(8-16)15-7-10-3-2-4-11-12(10)14-6-5-13-11/h2-6,9,15-16H,7-8H2,1H3. The highest BCUT2D eigenvalue weighted by Gasteiger charge is 2.04. The molecular formula is C12H15N3O. The Labute approximate surface area is 94.4 Å². The van der Waals surface area contributed by atoms with Crippen LogP contribution in [-0.4, -0.2) is 27.7 Å². The predicted molar refractivity (Wildman–Crippen MR) is 62.9 cm³/mol. The zero-order valence-corrected chi connectivity index (χ0v) is 9.22. The minimum Gasteiger partial charge on any atom is -0.395 e. The molecular weight excluding hydrogens is 202 g/mol. The topological polar surface area (TPSA) is 58.0 Å². The van der Waals surface area contributed by atoms with Crippen molar-refractivity contribution in [2.75, 3.05) is 6.61 Å². The van der Waals surface area contributed by atoms with Crippen LogP contribution in [0, 0.1) is 0 Å². The number of nitrogens with one attached hydrogen (secondary N) is 1. The Balaban J connectivity index is 2.23. The minimum atomic E-state index is 0.0897. The van der Waals surface area contributed by atoms with Crippen LogP contribution in [0.15, 0.2) is 30.6 Å². The van der Waals surface area contributed by atoms with E-state index >= 15 is 0 Å². The number of aliphatic hydroxyl groups excluding tert-OH is 1. The van der Waals surface area contributed by atoms with E-state index in [0.29, 0.717) is 6.54 Å². The predicted octanol–water partition coefficient (Wildman–Crippen LogP) is 1.10. The number of nitrogens with zero attached hydrogens (tertiary/aromatic N) is 2. The fourth-order valence-corrected chi connectivity index (χ4v) is 1.54. The quantitative estimate of drug-likeness (QED) is 0.805. The number of hydrogen-bond donors (Lipinski definition) is 2. The highest BCUT2D eigenvalue weighted by atomic mass is 16.3. The van der Waals surface area contributed by atoms with E-state index in [1.165, 1.54) is 0 Å².